The number of ether oxygens (including phenoxy) is 2. The van der Waals surface area contributed by atoms with Gasteiger partial charge in [-0.25, -0.2) is 9.36 Å². The summed E-state index contributed by atoms with van der Waals surface area (Å²) in [5.41, 5.74) is 18.1. The van der Waals surface area contributed by atoms with Crippen LogP contribution >= 0.6 is 0 Å². The molecule has 0 amide bonds. The zero-order valence-corrected chi connectivity index (χ0v) is 19.5. The minimum absolute atomic E-state index is 0.220. The van der Waals surface area contributed by atoms with E-state index in [0.717, 1.165) is 34.5 Å². The van der Waals surface area contributed by atoms with E-state index in [1.54, 1.807) is 21.8 Å². The van der Waals surface area contributed by atoms with Crippen LogP contribution in [0.4, 0.5) is 5.69 Å². The van der Waals surface area contributed by atoms with Crippen molar-refractivity contribution in [1.82, 2.24) is 30.0 Å². The largest absolute Gasteiger partial charge is 0.483 e. The zero-order chi connectivity index (χ0) is 24.4. The van der Waals surface area contributed by atoms with Crippen LogP contribution in [0.5, 0.6) is 11.5 Å². The second kappa shape index (κ2) is 9.57. The number of rotatable bonds is 9. The maximum absolute atomic E-state index is 6.18. The number of para-hydroxylation sites is 1. The van der Waals surface area contributed by atoms with E-state index in [1.807, 2.05) is 24.3 Å². The average molecular weight is 474 g/mol. The van der Waals surface area contributed by atoms with Crippen LogP contribution in [0.15, 0.2) is 49.3 Å². The van der Waals surface area contributed by atoms with Crippen LogP contribution in [0.3, 0.4) is 0 Å². The Bertz CT molecular complexity index is 1360. The molecule has 180 valence electrons. The summed E-state index contributed by atoms with van der Waals surface area (Å²) in [5, 5.41) is 16.1. The van der Waals surface area contributed by atoms with Crippen molar-refractivity contribution in [2.75, 3.05) is 11.9 Å². The first-order chi connectivity index (χ1) is 17.1. The van der Waals surface area contributed by atoms with Crippen LogP contribution in [0.25, 0.3) is 17.2 Å². The molecule has 2 aromatic carbocycles. The van der Waals surface area contributed by atoms with Gasteiger partial charge < -0.3 is 25.8 Å². The first-order valence-corrected chi connectivity index (χ1v) is 11.2. The smallest absolute Gasteiger partial charge is 0.162 e. The Morgan fingerprint density at radius 1 is 0.943 bits per heavy atom. The normalized spacial score (nSPS) is 12.3. The molecule has 1 aliphatic heterocycles. The van der Waals surface area contributed by atoms with Gasteiger partial charge in [-0.1, -0.05) is 41.3 Å². The third kappa shape index (κ3) is 4.46. The summed E-state index contributed by atoms with van der Waals surface area (Å²) in [5.74, 6) is 1.20. The van der Waals surface area contributed by atoms with E-state index in [-0.39, 0.29) is 26.6 Å². The molecule has 5 rings (SSSR count). The fraction of sp³-hybridized carbons (Fsp3) is 0.250. The molecule has 11 heteroatoms. The first-order valence-electron chi connectivity index (χ1n) is 11.2. The SMILES string of the molecule is C=Cc1cccc2c1N(C)Cc1cc(OCc3cn(CN)nn3)c(OCc3cn(CN)nn3)cc1-2. The van der Waals surface area contributed by atoms with E-state index < -0.39 is 0 Å². The number of benzene rings is 2. The van der Waals surface area contributed by atoms with Gasteiger partial charge in [-0.3, -0.25) is 0 Å². The van der Waals surface area contributed by atoms with Crippen molar-refractivity contribution < 1.29 is 9.47 Å². The van der Waals surface area contributed by atoms with E-state index in [2.05, 4.69) is 51.3 Å². The van der Waals surface area contributed by atoms with Crippen LogP contribution in [0, 0.1) is 0 Å². The molecule has 2 aromatic heterocycles. The number of nitrogens with two attached hydrogens (primary N) is 2. The Balaban J connectivity index is 1.50. The molecular formula is C24H27N9O2. The van der Waals surface area contributed by atoms with Crippen molar-refractivity contribution in [3.05, 3.63) is 71.8 Å². The third-order valence-electron chi connectivity index (χ3n) is 5.83. The molecule has 1 aliphatic rings. The van der Waals surface area contributed by atoms with E-state index in [4.69, 9.17) is 20.9 Å². The first kappa shape index (κ1) is 22.6. The highest BCUT2D eigenvalue weighted by Gasteiger charge is 2.24. The second-order valence-electron chi connectivity index (χ2n) is 8.20. The quantitative estimate of drug-likeness (QED) is 0.375. The molecule has 4 aromatic rings. The molecule has 0 radical (unpaired) electrons. The highest BCUT2D eigenvalue weighted by atomic mass is 16.5. The summed E-state index contributed by atoms with van der Waals surface area (Å²) in [4.78, 5) is 2.22. The van der Waals surface area contributed by atoms with Gasteiger partial charge in [0.15, 0.2) is 11.5 Å². The van der Waals surface area contributed by atoms with Gasteiger partial charge in [0.1, 0.15) is 24.6 Å². The molecular weight excluding hydrogens is 446 g/mol. The van der Waals surface area contributed by atoms with Gasteiger partial charge in [-0.2, -0.15) is 0 Å². The highest BCUT2D eigenvalue weighted by molar-refractivity contribution is 5.89. The van der Waals surface area contributed by atoms with Crippen molar-refractivity contribution in [3.63, 3.8) is 0 Å². The Morgan fingerprint density at radius 3 is 2.14 bits per heavy atom. The van der Waals surface area contributed by atoms with E-state index in [1.165, 1.54) is 0 Å². The predicted molar refractivity (Wildman–Crippen MR) is 131 cm³/mol. The molecule has 11 nitrogen and oxygen atoms in total. The summed E-state index contributed by atoms with van der Waals surface area (Å²) >= 11 is 0. The minimum Gasteiger partial charge on any atom is -0.483 e. The lowest BCUT2D eigenvalue weighted by atomic mass is 9.91. The van der Waals surface area contributed by atoms with Crippen molar-refractivity contribution in [1.29, 1.82) is 0 Å². The number of hydrogen-bond acceptors (Lipinski definition) is 9. The lowest BCUT2D eigenvalue weighted by Gasteiger charge is -2.32. The molecule has 0 fully saturated rings. The fourth-order valence-electron chi connectivity index (χ4n) is 4.20. The van der Waals surface area contributed by atoms with Gasteiger partial charge in [0.2, 0.25) is 0 Å². The molecule has 0 saturated heterocycles. The lowest BCUT2D eigenvalue weighted by molar-refractivity contribution is 0.251. The lowest BCUT2D eigenvalue weighted by Crippen LogP contribution is -2.22. The molecule has 0 atom stereocenters. The number of fused-ring (bicyclic) bond motifs is 3. The van der Waals surface area contributed by atoms with E-state index in [0.29, 0.717) is 22.9 Å². The highest BCUT2D eigenvalue weighted by Crippen LogP contribution is 2.45. The maximum Gasteiger partial charge on any atom is 0.162 e. The monoisotopic (exact) mass is 473 g/mol. The number of aromatic nitrogens is 6. The van der Waals surface area contributed by atoms with Crippen LogP contribution in [-0.2, 0) is 33.1 Å². The summed E-state index contributed by atoms with van der Waals surface area (Å²) in [6.07, 6.45) is 5.39. The Morgan fingerprint density at radius 2 is 1.57 bits per heavy atom. The zero-order valence-electron chi connectivity index (χ0n) is 19.5. The third-order valence-corrected chi connectivity index (χ3v) is 5.83. The summed E-state index contributed by atoms with van der Waals surface area (Å²) in [7, 11) is 2.08. The fourth-order valence-corrected chi connectivity index (χ4v) is 4.20. The Labute approximate surface area is 202 Å². The Hall–Kier alpha value is -4.22. The van der Waals surface area contributed by atoms with Gasteiger partial charge in [-0.15, -0.1) is 10.2 Å². The summed E-state index contributed by atoms with van der Waals surface area (Å²) in [6.45, 7) is 5.65. The summed E-state index contributed by atoms with van der Waals surface area (Å²) < 4.78 is 15.4. The number of hydrogen-bond donors (Lipinski definition) is 2. The molecule has 0 aliphatic carbocycles. The van der Waals surface area contributed by atoms with Crippen LogP contribution in [0.1, 0.15) is 22.5 Å². The van der Waals surface area contributed by atoms with Gasteiger partial charge in [0, 0.05) is 19.2 Å². The van der Waals surface area contributed by atoms with Crippen molar-refractivity contribution in [3.8, 4) is 22.6 Å². The molecule has 0 spiro atoms. The topological polar surface area (TPSA) is 135 Å². The van der Waals surface area contributed by atoms with Gasteiger partial charge in [0.05, 0.1) is 31.4 Å². The second-order valence-corrected chi connectivity index (χ2v) is 8.20. The Kier molecular flexibility index (Phi) is 6.17. The van der Waals surface area contributed by atoms with Crippen LogP contribution in [-0.4, -0.2) is 37.0 Å². The molecule has 0 saturated carbocycles. The number of anilines is 1. The summed E-state index contributed by atoms with van der Waals surface area (Å²) in [6, 6.07) is 10.3. The van der Waals surface area contributed by atoms with E-state index in [9.17, 15) is 0 Å². The number of nitrogens with zero attached hydrogens (tertiary/aromatic N) is 7. The maximum atomic E-state index is 6.18. The van der Waals surface area contributed by atoms with Crippen molar-refractivity contribution in [2.45, 2.75) is 33.1 Å². The molecule has 3 heterocycles. The van der Waals surface area contributed by atoms with Gasteiger partial charge in [0.25, 0.3) is 0 Å². The van der Waals surface area contributed by atoms with Crippen molar-refractivity contribution >= 4 is 11.8 Å². The van der Waals surface area contributed by atoms with Gasteiger partial charge >= 0.3 is 0 Å². The average Bonchev–Trinajstić information content (AvgIpc) is 3.55. The molecule has 4 N–H and O–H groups in total. The molecule has 0 unspecified atom stereocenters. The van der Waals surface area contributed by atoms with E-state index >= 15 is 0 Å². The van der Waals surface area contributed by atoms with Crippen molar-refractivity contribution in [2.24, 2.45) is 11.5 Å². The standard InChI is InChI=1S/C24H27N9O2/c1-3-16-5-4-6-20-21-8-23(35-13-19-11-33(15-26)30-28-19)22(7-17(21)9-31(2)24(16)20)34-12-18-10-32(14-25)29-27-18/h3-8,10-11H,1,9,12-15,25-26H2,2H3. The van der Waals surface area contributed by atoms with Crippen LogP contribution < -0.4 is 25.8 Å². The predicted octanol–water partition coefficient (Wildman–Crippen LogP) is 2.12. The molecule has 0 bridgehead atoms. The van der Waals surface area contributed by atoms with Gasteiger partial charge in [-0.05, 0) is 28.8 Å². The molecule has 35 heavy (non-hydrogen) atoms. The minimum atomic E-state index is 0.220. The van der Waals surface area contributed by atoms with Crippen LogP contribution in [0.2, 0.25) is 0 Å².